The molecule has 1 aromatic rings. The molecule has 2 N–H and O–H groups in total. The van der Waals surface area contributed by atoms with Crippen molar-refractivity contribution in [3.63, 3.8) is 0 Å². The molecular weight excluding hydrogens is 254 g/mol. The van der Waals surface area contributed by atoms with Gasteiger partial charge in [-0.3, -0.25) is 10.1 Å². The second-order valence-electron chi connectivity index (χ2n) is 4.28. The number of aromatic nitrogens is 2. The molecule has 0 spiro atoms. The Morgan fingerprint density at radius 3 is 2.72 bits per heavy atom. The summed E-state index contributed by atoms with van der Waals surface area (Å²) in [6, 6.07) is 0.138. The van der Waals surface area contributed by atoms with E-state index in [-0.39, 0.29) is 29.7 Å². The molecule has 0 radical (unpaired) electrons. The maximum Gasteiger partial charge on any atom is 0.322 e. The Balaban J connectivity index is 2.35. The van der Waals surface area contributed by atoms with Gasteiger partial charge in [0.25, 0.3) is 0 Å². The molecule has 0 saturated heterocycles. The lowest BCUT2D eigenvalue weighted by Gasteiger charge is -2.07. The summed E-state index contributed by atoms with van der Waals surface area (Å²) in [5.74, 6) is 0.776. The molecule has 6 nitrogen and oxygen atoms in total. The number of carbonyl (C=O) groups excluding carboxylic acids is 1. The lowest BCUT2D eigenvalue weighted by atomic mass is 10.2. The number of amides is 1. The van der Waals surface area contributed by atoms with Gasteiger partial charge in [-0.05, 0) is 6.42 Å². The van der Waals surface area contributed by atoms with Crippen LogP contribution in [0.25, 0.3) is 0 Å². The van der Waals surface area contributed by atoms with Crippen molar-refractivity contribution in [2.45, 2.75) is 38.4 Å². The van der Waals surface area contributed by atoms with E-state index < -0.39 is 0 Å². The minimum Gasteiger partial charge on any atom is -0.408 e. The summed E-state index contributed by atoms with van der Waals surface area (Å²) in [7, 11) is 0. The summed E-state index contributed by atoms with van der Waals surface area (Å²) < 4.78 is 5.27. The van der Waals surface area contributed by atoms with Crippen molar-refractivity contribution in [1.29, 1.82) is 0 Å². The molecule has 0 bridgehead atoms. The first-order valence-corrected chi connectivity index (χ1v) is 6.93. The highest BCUT2D eigenvalue weighted by atomic mass is 32.2. The Kier molecular flexibility index (Phi) is 6.14. The average Bonchev–Trinajstić information content (AvgIpc) is 2.75. The zero-order valence-corrected chi connectivity index (χ0v) is 11.7. The van der Waals surface area contributed by atoms with E-state index in [9.17, 15) is 4.79 Å². The van der Waals surface area contributed by atoms with Crippen LogP contribution in [0.2, 0.25) is 0 Å². The van der Waals surface area contributed by atoms with E-state index in [1.165, 1.54) is 11.8 Å². The van der Waals surface area contributed by atoms with Crippen LogP contribution in [0.4, 0.5) is 6.01 Å². The van der Waals surface area contributed by atoms with Crippen LogP contribution in [0.3, 0.4) is 0 Å². The Morgan fingerprint density at radius 2 is 2.17 bits per heavy atom. The van der Waals surface area contributed by atoms with E-state index >= 15 is 0 Å². The van der Waals surface area contributed by atoms with Crippen LogP contribution in [0.1, 0.15) is 39.0 Å². The van der Waals surface area contributed by atoms with E-state index in [2.05, 4.69) is 15.5 Å². The molecule has 0 aromatic carbocycles. The highest BCUT2D eigenvalue weighted by Gasteiger charge is 2.13. The van der Waals surface area contributed by atoms with Gasteiger partial charge in [-0.25, -0.2) is 0 Å². The molecule has 102 valence electrons. The second-order valence-corrected chi connectivity index (χ2v) is 5.71. The van der Waals surface area contributed by atoms with Crippen molar-refractivity contribution < 1.29 is 14.3 Å². The van der Waals surface area contributed by atoms with Gasteiger partial charge in [0.05, 0.1) is 5.75 Å². The molecule has 1 amide bonds. The first kappa shape index (κ1) is 15.0. The van der Waals surface area contributed by atoms with E-state index in [0.717, 1.165) is 0 Å². The Hall–Kier alpha value is -1.08. The van der Waals surface area contributed by atoms with E-state index in [4.69, 9.17) is 9.52 Å². The second kappa shape index (κ2) is 7.38. The average molecular weight is 273 g/mol. The van der Waals surface area contributed by atoms with Crippen molar-refractivity contribution in [1.82, 2.24) is 10.2 Å². The molecule has 0 aliphatic heterocycles. The fraction of sp³-hybridized carbons (Fsp3) is 0.727. The predicted octanol–water partition coefficient (Wildman–Crippen LogP) is 1.64. The third-order valence-corrected chi connectivity index (χ3v) is 3.45. The van der Waals surface area contributed by atoms with Crippen molar-refractivity contribution in [2.75, 3.05) is 17.7 Å². The van der Waals surface area contributed by atoms with Crippen molar-refractivity contribution in [2.24, 2.45) is 0 Å². The van der Waals surface area contributed by atoms with Gasteiger partial charge < -0.3 is 9.52 Å². The van der Waals surface area contributed by atoms with Crippen molar-refractivity contribution in [3.8, 4) is 0 Å². The molecule has 1 aromatic heterocycles. The Morgan fingerprint density at radius 1 is 1.44 bits per heavy atom. The van der Waals surface area contributed by atoms with E-state index in [1.54, 1.807) is 0 Å². The van der Waals surface area contributed by atoms with Crippen molar-refractivity contribution in [3.05, 3.63) is 5.89 Å². The maximum absolute atomic E-state index is 11.6. The highest BCUT2D eigenvalue weighted by molar-refractivity contribution is 8.00. The van der Waals surface area contributed by atoms with Gasteiger partial charge in [0, 0.05) is 17.8 Å². The third kappa shape index (κ3) is 5.05. The van der Waals surface area contributed by atoms with E-state index in [0.29, 0.717) is 18.1 Å². The van der Waals surface area contributed by atoms with Gasteiger partial charge in [0.2, 0.25) is 11.8 Å². The quantitative estimate of drug-likeness (QED) is 0.785. The molecule has 1 heterocycles. The number of aliphatic hydroxyl groups excluding tert-OH is 1. The fourth-order valence-corrected chi connectivity index (χ4v) is 1.94. The number of nitrogens with zero attached hydrogens (tertiary/aromatic N) is 2. The number of thioether (sulfide) groups is 1. The summed E-state index contributed by atoms with van der Waals surface area (Å²) in [5.41, 5.74) is 0. The molecule has 18 heavy (non-hydrogen) atoms. The molecule has 0 aliphatic carbocycles. The van der Waals surface area contributed by atoms with Crippen LogP contribution in [0, 0.1) is 0 Å². The minimum atomic E-state index is -0.177. The van der Waals surface area contributed by atoms with Crippen molar-refractivity contribution >= 4 is 23.7 Å². The zero-order valence-electron chi connectivity index (χ0n) is 10.8. The number of nitrogens with one attached hydrogen (secondary N) is 1. The monoisotopic (exact) mass is 273 g/mol. The smallest absolute Gasteiger partial charge is 0.322 e. The fourth-order valence-electron chi connectivity index (χ4n) is 1.16. The molecule has 0 fully saturated rings. The topological polar surface area (TPSA) is 88.2 Å². The maximum atomic E-state index is 11.6. The van der Waals surface area contributed by atoms with Crippen LogP contribution in [-0.4, -0.2) is 38.8 Å². The van der Waals surface area contributed by atoms with Gasteiger partial charge >= 0.3 is 6.01 Å². The summed E-state index contributed by atoms with van der Waals surface area (Å²) in [4.78, 5) is 11.6. The lowest BCUT2D eigenvalue weighted by Crippen LogP contribution is -2.16. The number of carbonyl (C=O) groups is 1. The molecular formula is C11H19N3O3S. The molecule has 1 rings (SSSR count). The number of hydrogen-bond acceptors (Lipinski definition) is 6. The Labute approximate surface area is 111 Å². The SMILES string of the molecule is CC(CCO)SCC(=O)Nc1nnc(C(C)C)o1. The number of rotatable bonds is 7. The molecule has 7 heteroatoms. The minimum absolute atomic E-state index is 0.136. The molecule has 0 saturated carbocycles. The predicted molar refractivity (Wildman–Crippen MR) is 70.6 cm³/mol. The van der Waals surface area contributed by atoms with Gasteiger partial charge in [-0.1, -0.05) is 25.9 Å². The van der Waals surface area contributed by atoms with Crippen LogP contribution < -0.4 is 5.32 Å². The number of hydrogen-bond donors (Lipinski definition) is 2. The molecule has 1 unspecified atom stereocenters. The normalized spacial score (nSPS) is 12.7. The van der Waals surface area contributed by atoms with Crippen LogP contribution >= 0.6 is 11.8 Å². The summed E-state index contributed by atoms with van der Waals surface area (Å²) in [6.45, 7) is 5.98. The Bertz CT molecular complexity index is 381. The standard InChI is InChI=1S/C11H19N3O3S/c1-7(2)10-13-14-11(17-10)12-9(16)6-18-8(3)4-5-15/h7-8,15H,4-6H2,1-3H3,(H,12,14,16). The summed E-state index contributed by atoms with van der Waals surface area (Å²) in [5, 5.41) is 19.1. The third-order valence-electron chi connectivity index (χ3n) is 2.22. The lowest BCUT2D eigenvalue weighted by molar-refractivity contribution is -0.113. The number of anilines is 1. The molecule has 1 atom stereocenters. The first-order chi connectivity index (χ1) is 8.52. The molecule has 0 aliphatic rings. The van der Waals surface area contributed by atoms with Gasteiger partial charge in [-0.15, -0.1) is 16.9 Å². The number of aliphatic hydroxyl groups is 1. The highest BCUT2D eigenvalue weighted by Crippen LogP contribution is 2.16. The van der Waals surface area contributed by atoms with Crippen LogP contribution in [0.15, 0.2) is 4.42 Å². The van der Waals surface area contributed by atoms with Gasteiger partial charge in [0.15, 0.2) is 0 Å². The van der Waals surface area contributed by atoms with Crippen LogP contribution in [0.5, 0.6) is 0 Å². The largest absolute Gasteiger partial charge is 0.408 e. The zero-order chi connectivity index (χ0) is 13.5. The van der Waals surface area contributed by atoms with Crippen LogP contribution in [-0.2, 0) is 4.79 Å². The van der Waals surface area contributed by atoms with E-state index in [1.807, 2.05) is 20.8 Å². The summed E-state index contributed by atoms with van der Waals surface area (Å²) >= 11 is 1.48. The van der Waals surface area contributed by atoms with Gasteiger partial charge in [0.1, 0.15) is 0 Å². The first-order valence-electron chi connectivity index (χ1n) is 5.88. The van der Waals surface area contributed by atoms with Gasteiger partial charge in [-0.2, -0.15) is 0 Å². The summed E-state index contributed by atoms with van der Waals surface area (Å²) in [6.07, 6.45) is 0.677.